The molecule has 0 spiro atoms. The minimum Gasteiger partial charge on any atom is -0.387 e. The molecule has 2 heterocycles. The van der Waals surface area contributed by atoms with Crippen LogP contribution in [0.4, 0.5) is 5.69 Å². The van der Waals surface area contributed by atoms with Gasteiger partial charge in [0.15, 0.2) is 9.84 Å². The van der Waals surface area contributed by atoms with E-state index in [0.717, 1.165) is 0 Å². The lowest BCUT2D eigenvalue weighted by atomic mass is 10.1. The minimum absolute atomic E-state index is 0.0217. The van der Waals surface area contributed by atoms with Gasteiger partial charge in [0.2, 0.25) is 0 Å². The summed E-state index contributed by atoms with van der Waals surface area (Å²) in [6, 6.07) is 1.39. The Bertz CT molecular complexity index is 571. The third-order valence-corrected chi connectivity index (χ3v) is 4.95. The molecular weight excluding hydrogens is 266 g/mol. The average Bonchev–Trinajstić information content (AvgIpc) is 2.37. The van der Waals surface area contributed by atoms with Crippen LogP contribution in [-0.2, 0) is 9.84 Å². The monoisotopic (exact) mass is 283 g/mol. The Morgan fingerprint density at radius 1 is 1.47 bits per heavy atom. The highest BCUT2D eigenvalue weighted by molar-refractivity contribution is 7.91. The number of nitrogens with zero attached hydrogens (tertiary/aromatic N) is 1. The summed E-state index contributed by atoms with van der Waals surface area (Å²) in [4.78, 5) is 16.0. The molecule has 1 aromatic rings. The van der Waals surface area contributed by atoms with Crippen molar-refractivity contribution in [3.8, 4) is 0 Å². The molecule has 0 radical (unpaired) electrons. The van der Waals surface area contributed by atoms with Gasteiger partial charge in [0.25, 0.3) is 5.91 Å². The maximum absolute atomic E-state index is 12.1. The van der Waals surface area contributed by atoms with Crippen molar-refractivity contribution in [2.24, 2.45) is 0 Å². The van der Waals surface area contributed by atoms with E-state index >= 15 is 0 Å². The number of amides is 1. The quantitative estimate of drug-likeness (QED) is 0.840. The Hall–Kier alpha value is -1.63. The van der Waals surface area contributed by atoms with Crippen molar-refractivity contribution in [2.45, 2.75) is 18.9 Å². The molecule has 104 valence electrons. The highest BCUT2D eigenvalue weighted by atomic mass is 32.2. The van der Waals surface area contributed by atoms with Crippen LogP contribution in [0.2, 0.25) is 0 Å². The van der Waals surface area contributed by atoms with E-state index < -0.39 is 9.84 Å². The molecule has 1 amide bonds. The van der Waals surface area contributed by atoms with Gasteiger partial charge in [-0.05, 0) is 18.9 Å². The molecular formula is C12H17N3O3S. The van der Waals surface area contributed by atoms with E-state index in [1.807, 2.05) is 0 Å². The van der Waals surface area contributed by atoms with E-state index in [1.54, 1.807) is 19.3 Å². The lowest BCUT2D eigenvalue weighted by Crippen LogP contribution is -2.43. The zero-order valence-corrected chi connectivity index (χ0v) is 11.5. The molecule has 0 aliphatic carbocycles. The second-order valence-electron chi connectivity index (χ2n) is 4.60. The van der Waals surface area contributed by atoms with Crippen molar-refractivity contribution in [3.05, 3.63) is 24.0 Å². The van der Waals surface area contributed by atoms with Crippen molar-refractivity contribution in [3.63, 3.8) is 0 Å². The average molecular weight is 283 g/mol. The van der Waals surface area contributed by atoms with Crippen LogP contribution < -0.4 is 10.6 Å². The van der Waals surface area contributed by atoms with Crippen LogP contribution in [-0.4, -0.2) is 43.9 Å². The van der Waals surface area contributed by atoms with Gasteiger partial charge in [-0.1, -0.05) is 0 Å². The number of sulfone groups is 1. The van der Waals surface area contributed by atoms with Gasteiger partial charge in [0.1, 0.15) is 0 Å². The van der Waals surface area contributed by atoms with Gasteiger partial charge in [-0.15, -0.1) is 0 Å². The molecule has 2 N–H and O–H groups in total. The van der Waals surface area contributed by atoms with E-state index in [1.165, 1.54) is 6.20 Å². The third kappa shape index (κ3) is 3.44. The fraction of sp³-hybridized carbons (Fsp3) is 0.500. The van der Waals surface area contributed by atoms with Crippen molar-refractivity contribution >= 4 is 21.4 Å². The Morgan fingerprint density at radius 3 is 2.95 bits per heavy atom. The highest BCUT2D eigenvalue weighted by Crippen LogP contribution is 2.15. The molecule has 0 bridgehead atoms. The number of carbonyl (C=O) groups is 1. The summed E-state index contributed by atoms with van der Waals surface area (Å²) < 4.78 is 23.1. The summed E-state index contributed by atoms with van der Waals surface area (Å²) in [5.74, 6) is -0.0541. The molecule has 6 nitrogen and oxygen atoms in total. The zero-order valence-electron chi connectivity index (χ0n) is 10.7. The molecule has 0 aromatic carbocycles. The second-order valence-corrected chi connectivity index (χ2v) is 6.83. The van der Waals surface area contributed by atoms with Crippen LogP contribution in [0.1, 0.15) is 23.2 Å². The van der Waals surface area contributed by atoms with Gasteiger partial charge in [-0.25, -0.2) is 8.42 Å². The Labute approximate surface area is 112 Å². The molecule has 1 aliphatic rings. The van der Waals surface area contributed by atoms with Gasteiger partial charge in [-0.3, -0.25) is 9.78 Å². The van der Waals surface area contributed by atoms with E-state index in [4.69, 9.17) is 0 Å². The number of hydrogen-bond acceptors (Lipinski definition) is 5. The maximum Gasteiger partial charge on any atom is 0.255 e. The smallest absolute Gasteiger partial charge is 0.255 e. The van der Waals surface area contributed by atoms with E-state index in [2.05, 4.69) is 15.6 Å². The standard InChI is InChI=1S/C12H17N3O3S/c1-13-11-4-5-14-7-10(11)12(16)15-9-3-2-6-19(17,18)8-9/h4-5,7,9H,2-3,6,8H2,1H3,(H,13,14)(H,15,16). The molecule has 1 fully saturated rings. The number of nitrogens with one attached hydrogen (secondary N) is 2. The van der Waals surface area contributed by atoms with Crippen LogP contribution in [0.5, 0.6) is 0 Å². The fourth-order valence-corrected chi connectivity index (χ4v) is 3.83. The Kier molecular flexibility index (Phi) is 4.04. The van der Waals surface area contributed by atoms with Gasteiger partial charge >= 0.3 is 0 Å². The van der Waals surface area contributed by atoms with Gasteiger partial charge < -0.3 is 10.6 Å². The summed E-state index contributed by atoms with van der Waals surface area (Å²) in [5.41, 5.74) is 1.10. The first-order valence-electron chi connectivity index (χ1n) is 6.15. The molecule has 1 aromatic heterocycles. The van der Waals surface area contributed by atoms with E-state index in [-0.39, 0.29) is 23.5 Å². The van der Waals surface area contributed by atoms with Crippen LogP contribution in [0.3, 0.4) is 0 Å². The van der Waals surface area contributed by atoms with Crippen molar-refractivity contribution in [2.75, 3.05) is 23.9 Å². The lowest BCUT2D eigenvalue weighted by molar-refractivity contribution is 0.0939. The summed E-state index contributed by atoms with van der Waals surface area (Å²) in [5, 5.41) is 5.68. The van der Waals surface area contributed by atoms with Crippen molar-refractivity contribution in [1.29, 1.82) is 0 Å². The van der Waals surface area contributed by atoms with E-state index in [0.29, 0.717) is 24.1 Å². The van der Waals surface area contributed by atoms with Crippen molar-refractivity contribution in [1.82, 2.24) is 10.3 Å². The SMILES string of the molecule is CNc1ccncc1C(=O)NC1CCCS(=O)(=O)C1. The first kappa shape index (κ1) is 13.8. The third-order valence-electron chi connectivity index (χ3n) is 3.13. The Balaban J connectivity index is 2.09. The molecule has 0 saturated carbocycles. The summed E-state index contributed by atoms with van der Waals surface area (Å²) >= 11 is 0. The molecule has 2 rings (SSSR count). The second kappa shape index (κ2) is 5.56. The molecule has 1 unspecified atom stereocenters. The number of pyridine rings is 1. The molecule has 19 heavy (non-hydrogen) atoms. The predicted molar refractivity (Wildman–Crippen MR) is 72.9 cm³/mol. The van der Waals surface area contributed by atoms with E-state index in [9.17, 15) is 13.2 Å². The lowest BCUT2D eigenvalue weighted by Gasteiger charge is -2.23. The molecule has 1 atom stereocenters. The largest absolute Gasteiger partial charge is 0.387 e. The van der Waals surface area contributed by atoms with Crippen LogP contribution in [0, 0.1) is 0 Å². The number of hydrogen-bond donors (Lipinski definition) is 2. The molecule has 1 saturated heterocycles. The Morgan fingerprint density at radius 2 is 2.26 bits per heavy atom. The number of rotatable bonds is 3. The topological polar surface area (TPSA) is 88.2 Å². The number of aromatic nitrogens is 1. The van der Waals surface area contributed by atoms with Gasteiger partial charge in [0.05, 0.1) is 17.1 Å². The predicted octanol–water partition coefficient (Wildman–Crippen LogP) is 0.430. The minimum atomic E-state index is -3.02. The number of carbonyl (C=O) groups excluding carboxylic acids is 1. The summed E-state index contributed by atoms with van der Waals surface area (Å²) in [7, 11) is -1.30. The normalized spacial score (nSPS) is 21.6. The molecule has 7 heteroatoms. The first-order chi connectivity index (χ1) is 9.02. The summed E-state index contributed by atoms with van der Waals surface area (Å²) in [6.45, 7) is 0. The van der Waals surface area contributed by atoms with Gasteiger partial charge in [0, 0.05) is 31.2 Å². The molecule has 1 aliphatic heterocycles. The number of anilines is 1. The zero-order chi connectivity index (χ0) is 13.9. The van der Waals surface area contributed by atoms with Crippen LogP contribution in [0.15, 0.2) is 18.5 Å². The maximum atomic E-state index is 12.1. The van der Waals surface area contributed by atoms with Gasteiger partial charge in [-0.2, -0.15) is 0 Å². The fourth-order valence-electron chi connectivity index (χ4n) is 2.19. The summed E-state index contributed by atoms with van der Waals surface area (Å²) in [6.07, 6.45) is 4.35. The first-order valence-corrected chi connectivity index (χ1v) is 7.97. The van der Waals surface area contributed by atoms with Crippen LogP contribution >= 0.6 is 0 Å². The van der Waals surface area contributed by atoms with Crippen molar-refractivity contribution < 1.29 is 13.2 Å². The highest BCUT2D eigenvalue weighted by Gasteiger charge is 2.26. The van der Waals surface area contributed by atoms with Crippen LogP contribution in [0.25, 0.3) is 0 Å².